The van der Waals surface area contributed by atoms with Gasteiger partial charge >= 0.3 is 5.97 Å². The van der Waals surface area contributed by atoms with E-state index in [-0.39, 0.29) is 18.0 Å². The van der Waals surface area contributed by atoms with Crippen LogP contribution in [-0.2, 0) is 15.1 Å². The molecule has 0 saturated heterocycles. The maximum absolute atomic E-state index is 11.5. The Morgan fingerprint density at radius 3 is 2.73 bits per heavy atom. The van der Waals surface area contributed by atoms with E-state index in [2.05, 4.69) is 20.0 Å². The highest BCUT2D eigenvalue weighted by molar-refractivity contribution is 6.30. The Morgan fingerprint density at radius 2 is 2.08 bits per heavy atom. The number of nitrogens with zero attached hydrogens (tertiary/aromatic N) is 5. The van der Waals surface area contributed by atoms with Crippen LogP contribution in [-0.4, -0.2) is 29.2 Å². The van der Waals surface area contributed by atoms with Crippen LogP contribution in [0.4, 0.5) is 0 Å². The Kier molecular flexibility index (Phi) is 4.89. The highest BCUT2D eigenvalue weighted by Gasteiger charge is 2.37. The molecule has 0 N–H and O–H groups in total. The average molecular weight is 376 g/mol. The monoisotopic (exact) mass is 375 g/mol. The van der Waals surface area contributed by atoms with Crippen molar-refractivity contribution in [3.05, 3.63) is 39.6 Å². The van der Waals surface area contributed by atoms with Crippen molar-refractivity contribution in [1.29, 1.82) is 0 Å². The average Bonchev–Trinajstić information content (AvgIpc) is 2.56. The summed E-state index contributed by atoms with van der Waals surface area (Å²) >= 11 is 6.06. The fraction of sp³-hybridized carbons (Fsp3) is 0.471. The summed E-state index contributed by atoms with van der Waals surface area (Å²) in [5.74, 6) is 0.0625. The van der Waals surface area contributed by atoms with Gasteiger partial charge in [-0.15, -0.1) is 0 Å². The minimum atomic E-state index is -0.810. The second kappa shape index (κ2) is 6.97. The van der Waals surface area contributed by atoms with Gasteiger partial charge in [0, 0.05) is 17.3 Å². The number of aromatic nitrogens is 2. The Labute approximate surface area is 155 Å². The number of pyridine rings is 2. The summed E-state index contributed by atoms with van der Waals surface area (Å²) in [5.41, 5.74) is 8.75. The van der Waals surface area contributed by atoms with E-state index >= 15 is 0 Å². The van der Waals surface area contributed by atoms with E-state index in [0.29, 0.717) is 29.3 Å². The van der Waals surface area contributed by atoms with Crippen molar-refractivity contribution in [2.75, 3.05) is 7.11 Å². The predicted molar refractivity (Wildman–Crippen MR) is 95.9 cm³/mol. The van der Waals surface area contributed by atoms with Crippen LogP contribution in [0.15, 0.2) is 23.6 Å². The van der Waals surface area contributed by atoms with Crippen LogP contribution in [0, 0.1) is 5.92 Å². The zero-order valence-corrected chi connectivity index (χ0v) is 15.4. The largest absolute Gasteiger partial charge is 0.474 e. The van der Waals surface area contributed by atoms with Gasteiger partial charge in [-0.3, -0.25) is 4.79 Å². The highest BCUT2D eigenvalue weighted by Crippen LogP contribution is 2.38. The molecule has 9 heteroatoms. The number of methoxy groups -OCH3 is 1. The quantitative estimate of drug-likeness (QED) is 0.256. The van der Waals surface area contributed by atoms with E-state index < -0.39 is 5.54 Å². The number of ether oxygens (including phenoxy) is 2. The summed E-state index contributed by atoms with van der Waals surface area (Å²) in [5, 5.41) is 5.61. The van der Waals surface area contributed by atoms with Crippen molar-refractivity contribution in [3.63, 3.8) is 0 Å². The van der Waals surface area contributed by atoms with Crippen molar-refractivity contribution in [3.8, 4) is 5.88 Å². The highest BCUT2D eigenvalue weighted by atomic mass is 35.5. The lowest BCUT2D eigenvalue weighted by atomic mass is 9.82. The molecule has 2 aromatic heterocycles. The van der Waals surface area contributed by atoms with Crippen LogP contribution < -0.4 is 4.74 Å². The maximum atomic E-state index is 11.5. The lowest BCUT2D eigenvalue weighted by molar-refractivity contribution is -0.151. The van der Waals surface area contributed by atoms with Gasteiger partial charge in [-0.1, -0.05) is 30.6 Å². The number of halogens is 1. The number of fused-ring (bicyclic) bond motifs is 1. The van der Waals surface area contributed by atoms with Gasteiger partial charge in [0.25, 0.3) is 0 Å². The molecule has 2 aromatic rings. The lowest BCUT2D eigenvalue weighted by Crippen LogP contribution is -2.39. The van der Waals surface area contributed by atoms with Gasteiger partial charge in [-0.2, -0.15) is 0 Å². The van der Waals surface area contributed by atoms with Crippen molar-refractivity contribution in [1.82, 2.24) is 9.97 Å². The van der Waals surface area contributed by atoms with E-state index in [0.717, 1.165) is 10.9 Å². The third kappa shape index (κ3) is 3.38. The molecule has 2 heterocycles. The summed E-state index contributed by atoms with van der Waals surface area (Å²) in [6, 6.07) is 1.70. The first-order valence-corrected chi connectivity index (χ1v) is 8.49. The van der Waals surface area contributed by atoms with Crippen molar-refractivity contribution < 1.29 is 14.3 Å². The molecule has 0 bridgehead atoms. The zero-order valence-electron chi connectivity index (χ0n) is 14.6. The summed E-state index contributed by atoms with van der Waals surface area (Å²) in [7, 11) is 1.38. The Bertz CT molecular complexity index is 905. The first-order chi connectivity index (χ1) is 12.4. The Morgan fingerprint density at radius 1 is 1.35 bits per heavy atom. The minimum absolute atomic E-state index is 0.110. The minimum Gasteiger partial charge on any atom is -0.474 e. The molecule has 0 aliphatic heterocycles. The van der Waals surface area contributed by atoms with Gasteiger partial charge in [0.15, 0.2) is 0 Å². The van der Waals surface area contributed by atoms with Crippen molar-refractivity contribution >= 4 is 28.3 Å². The molecule has 0 radical (unpaired) electrons. The summed E-state index contributed by atoms with van der Waals surface area (Å²) in [6.07, 6.45) is 4.28. The lowest BCUT2D eigenvalue weighted by Gasteiger charge is -2.33. The number of esters is 1. The second-order valence-electron chi connectivity index (χ2n) is 6.71. The number of azide groups is 1. The molecule has 26 heavy (non-hydrogen) atoms. The summed E-state index contributed by atoms with van der Waals surface area (Å²) in [6.45, 7) is 3.59. The number of carbonyl (C=O) groups excluding carboxylic acids is 1. The Balaban J connectivity index is 1.94. The number of carbonyl (C=O) groups is 1. The first kappa shape index (κ1) is 18.2. The maximum Gasteiger partial charge on any atom is 0.308 e. The predicted octanol–water partition coefficient (Wildman–Crippen LogP) is 4.16. The molecular formula is C17H18ClN5O3. The molecule has 0 spiro atoms. The van der Waals surface area contributed by atoms with Crippen LogP contribution in [0.3, 0.4) is 0 Å². The molecule has 136 valence electrons. The van der Waals surface area contributed by atoms with Crippen molar-refractivity contribution in [2.24, 2.45) is 11.0 Å². The molecule has 1 fully saturated rings. The van der Waals surface area contributed by atoms with Gasteiger partial charge < -0.3 is 9.47 Å². The fourth-order valence-corrected chi connectivity index (χ4v) is 3.17. The molecule has 0 unspecified atom stereocenters. The fourth-order valence-electron chi connectivity index (χ4n) is 3.01. The van der Waals surface area contributed by atoms with E-state index in [9.17, 15) is 4.79 Å². The summed E-state index contributed by atoms with van der Waals surface area (Å²) in [4.78, 5) is 22.9. The third-order valence-electron chi connectivity index (χ3n) is 4.56. The third-order valence-corrected chi connectivity index (χ3v) is 4.77. The van der Waals surface area contributed by atoms with E-state index in [1.54, 1.807) is 32.3 Å². The first-order valence-electron chi connectivity index (χ1n) is 8.11. The van der Waals surface area contributed by atoms with Gasteiger partial charge in [-0.05, 0) is 35.4 Å². The van der Waals surface area contributed by atoms with Gasteiger partial charge in [0.2, 0.25) is 5.88 Å². The summed E-state index contributed by atoms with van der Waals surface area (Å²) < 4.78 is 10.7. The van der Waals surface area contributed by atoms with E-state index in [1.807, 2.05) is 0 Å². The van der Waals surface area contributed by atoms with Crippen LogP contribution in [0.25, 0.3) is 21.2 Å². The molecular weight excluding hydrogens is 358 g/mol. The SMILES string of the molecule is COC(=O)[C@H]1C[C@@H](Oc2ncc(C(C)(C)N=[N+]=[N-])c3cc(Cl)ncc23)C1. The van der Waals surface area contributed by atoms with Crippen LogP contribution >= 0.6 is 11.6 Å². The standard InChI is InChI=1S/C17H18ClN5O3/c1-17(2,22-23-19)13-8-21-15(12-7-20-14(18)6-11(12)13)26-10-4-9(5-10)16(24)25-3/h6-10H,4-5H2,1-3H3/t9-,10+. The van der Waals surface area contributed by atoms with Crippen molar-refractivity contribution in [2.45, 2.75) is 38.3 Å². The molecule has 0 amide bonds. The molecule has 1 aliphatic rings. The molecule has 0 aromatic carbocycles. The topological polar surface area (TPSA) is 110 Å². The van der Waals surface area contributed by atoms with Gasteiger partial charge in [-0.25, -0.2) is 9.97 Å². The van der Waals surface area contributed by atoms with Gasteiger partial charge in [0.1, 0.15) is 11.3 Å². The van der Waals surface area contributed by atoms with Crippen LogP contribution in [0.1, 0.15) is 32.3 Å². The number of rotatable bonds is 5. The smallest absolute Gasteiger partial charge is 0.308 e. The number of hydrogen-bond acceptors (Lipinski definition) is 6. The Hall–Kier alpha value is -2.57. The molecule has 1 aliphatic carbocycles. The second-order valence-corrected chi connectivity index (χ2v) is 7.10. The van der Waals surface area contributed by atoms with E-state index in [1.165, 1.54) is 7.11 Å². The van der Waals surface area contributed by atoms with Gasteiger partial charge in [0.05, 0.1) is 24.0 Å². The van der Waals surface area contributed by atoms with E-state index in [4.69, 9.17) is 26.6 Å². The molecule has 3 rings (SSSR count). The molecule has 0 atom stereocenters. The molecule has 1 saturated carbocycles. The normalized spacial score (nSPS) is 19.4. The van der Waals surface area contributed by atoms with Crippen LogP contribution in [0.2, 0.25) is 5.15 Å². The molecule has 8 nitrogen and oxygen atoms in total. The zero-order chi connectivity index (χ0) is 18.9. The van der Waals surface area contributed by atoms with Crippen LogP contribution in [0.5, 0.6) is 5.88 Å². The number of hydrogen-bond donors (Lipinski definition) is 0.